The third-order valence-corrected chi connectivity index (χ3v) is 9.07. The third kappa shape index (κ3) is 9.15. The number of ether oxygens (including phenoxy) is 1. The fourth-order valence-electron chi connectivity index (χ4n) is 6.51. The van der Waals surface area contributed by atoms with Crippen LogP contribution in [-0.2, 0) is 32.1 Å². The van der Waals surface area contributed by atoms with Crippen LogP contribution in [0.1, 0.15) is 54.7 Å². The van der Waals surface area contributed by atoms with Gasteiger partial charge in [-0.2, -0.15) is 4.57 Å². The molecular weight excluding hydrogens is 734 g/mol. The van der Waals surface area contributed by atoms with Crippen LogP contribution in [0.15, 0.2) is 127 Å². The number of halogens is 1. The first-order chi connectivity index (χ1) is 25.0. The van der Waals surface area contributed by atoms with Crippen molar-refractivity contribution in [3.8, 4) is 0 Å². The minimum Gasteiger partial charge on any atom is -1.00 e. The molecule has 1 aromatic heterocycles. The molecule has 0 bridgehead atoms. The number of amides is 3. The molecule has 2 aliphatic heterocycles. The van der Waals surface area contributed by atoms with Gasteiger partial charge in [0.25, 0.3) is 17.7 Å². The monoisotopic (exact) mass is 777 g/mol. The second-order valence-electron chi connectivity index (χ2n) is 14.1. The average Bonchev–Trinajstić information content (AvgIpc) is 3.52. The summed E-state index contributed by atoms with van der Waals surface area (Å²) in [5.74, 6) is -2.04. The Morgan fingerprint density at radius 3 is 2.13 bits per heavy atom. The Labute approximate surface area is 321 Å². The molecular formula is C42H44BrN5O5. The van der Waals surface area contributed by atoms with Gasteiger partial charge in [-0.05, 0) is 37.0 Å². The second-order valence-corrected chi connectivity index (χ2v) is 14.1. The normalized spacial score (nSPS) is 16.9. The molecule has 4 aromatic rings. The molecule has 53 heavy (non-hydrogen) atoms. The number of nitrogens with zero attached hydrogens (tertiary/aromatic N) is 4. The Morgan fingerprint density at radius 2 is 1.53 bits per heavy atom. The van der Waals surface area contributed by atoms with Gasteiger partial charge in [0.05, 0.1) is 17.8 Å². The number of nitrogens with one attached hydrogen (secondary N) is 1. The Balaban J connectivity index is 0.00000541. The zero-order valence-electron chi connectivity index (χ0n) is 30.3. The van der Waals surface area contributed by atoms with E-state index >= 15 is 0 Å². The maximum atomic E-state index is 15.0. The second kappa shape index (κ2) is 16.9. The summed E-state index contributed by atoms with van der Waals surface area (Å²) in [7, 11) is 0. The van der Waals surface area contributed by atoms with Gasteiger partial charge in [-0.1, -0.05) is 105 Å². The number of benzene rings is 3. The Bertz CT molecular complexity index is 2000. The quantitative estimate of drug-likeness (QED) is 0.221. The van der Waals surface area contributed by atoms with Crippen LogP contribution >= 0.6 is 0 Å². The number of aromatic nitrogens is 1. The number of carbonyl (C=O) groups excluding carboxylic acids is 4. The molecule has 3 amide bonds. The lowest BCUT2D eigenvalue weighted by Crippen LogP contribution is -3.00. The number of rotatable bonds is 12. The number of pyridine rings is 1. The molecule has 3 aromatic carbocycles. The molecule has 0 spiro atoms. The average molecular weight is 779 g/mol. The number of ketones is 1. The van der Waals surface area contributed by atoms with Crippen molar-refractivity contribution in [2.45, 2.75) is 58.3 Å². The standard InChI is InChI=1S/C42H43N5O5.BrH/c1-29(2)37-41(51)47(34(23-30-15-8-5-9-16-30)38(49)43-24-36(48)39-44-42(3,4)28-52-39)35(32-19-12-7-13-20-32)27-46(37)40(50)33-21-14-22-45(26-33)25-31-17-10-6-11-18-31;/h5-22,26-27,29,34,37H,23-25,28H2,1-4H3;1H/t34-,37+;/m0./s1. The molecule has 3 heterocycles. The molecule has 6 rings (SSSR count). The molecule has 0 saturated carbocycles. The molecule has 11 heteroatoms. The Morgan fingerprint density at radius 1 is 0.906 bits per heavy atom. The summed E-state index contributed by atoms with van der Waals surface area (Å²) in [4.78, 5) is 64.1. The van der Waals surface area contributed by atoms with Crippen molar-refractivity contribution in [2.75, 3.05) is 13.2 Å². The highest BCUT2D eigenvalue weighted by atomic mass is 79.9. The minimum absolute atomic E-state index is 0. The van der Waals surface area contributed by atoms with E-state index in [1.807, 2.05) is 136 Å². The van der Waals surface area contributed by atoms with Gasteiger partial charge in [-0.25, -0.2) is 4.99 Å². The summed E-state index contributed by atoms with van der Waals surface area (Å²) in [5, 5.41) is 2.77. The van der Waals surface area contributed by atoms with E-state index in [9.17, 15) is 19.2 Å². The highest BCUT2D eigenvalue weighted by molar-refractivity contribution is 6.37. The van der Waals surface area contributed by atoms with Crippen LogP contribution < -0.4 is 26.9 Å². The van der Waals surface area contributed by atoms with Gasteiger partial charge in [-0.15, -0.1) is 0 Å². The van der Waals surface area contributed by atoms with E-state index in [0.717, 1.165) is 11.1 Å². The van der Waals surface area contributed by atoms with Gasteiger partial charge < -0.3 is 27.0 Å². The molecule has 0 aliphatic carbocycles. The van der Waals surface area contributed by atoms with Gasteiger partial charge in [0.2, 0.25) is 11.7 Å². The minimum atomic E-state index is -1.06. The van der Waals surface area contributed by atoms with Gasteiger partial charge in [0, 0.05) is 24.3 Å². The molecule has 0 radical (unpaired) electrons. The third-order valence-electron chi connectivity index (χ3n) is 9.07. The fraction of sp³-hybridized carbons (Fsp3) is 0.286. The molecule has 10 nitrogen and oxygen atoms in total. The van der Waals surface area contributed by atoms with Crippen LogP contribution in [0.2, 0.25) is 0 Å². The van der Waals surface area contributed by atoms with Crippen molar-refractivity contribution in [2.24, 2.45) is 10.9 Å². The van der Waals surface area contributed by atoms with E-state index in [1.165, 1.54) is 9.80 Å². The highest BCUT2D eigenvalue weighted by Gasteiger charge is 2.45. The van der Waals surface area contributed by atoms with Crippen LogP contribution in [0, 0.1) is 5.92 Å². The van der Waals surface area contributed by atoms with E-state index < -0.39 is 35.2 Å². The molecule has 0 saturated heterocycles. The lowest BCUT2D eigenvalue weighted by atomic mass is 9.93. The molecule has 2 atom stereocenters. The summed E-state index contributed by atoms with van der Waals surface area (Å²) in [5.41, 5.74) is 2.86. The van der Waals surface area contributed by atoms with Gasteiger partial charge in [-0.3, -0.25) is 29.0 Å². The van der Waals surface area contributed by atoms with Crippen molar-refractivity contribution >= 4 is 35.1 Å². The van der Waals surface area contributed by atoms with Crippen LogP contribution in [0.5, 0.6) is 0 Å². The van der Waals surface area contributed by atoms with Gasteiger partial charge >= 0.3 is 0 Å². The van der Waals surface area contributed by atoms with Crippen molar-refractivity contribution in [1.82, 2.24) is 15.1 Å². The fourth-order valence-corrected chi connectivity index (χ4v) is 6.51. The summed E-state index contributed by atoms with van der Waals surface area (Å²) in [6, 6.07) is 30.2. The maximum Gasteiger partial charge on any atom is 0.264 e. The first kappa shape index (κ1) is 38.8. The van der Waals surface area contributed by atoms with Gasteiger partial charge in [0.1, 0.15) is 24.3 Å². The lowest BCUT2D eigenvalue weighted by molar-refractivity contribution is -0.688. The molecule has 274 valence electrons. The lowest BCUT2D eigenvalue weighted by Gasteiger charge is -2.44. The van der Waals surface area contributed by atoms with E-state index in [4.69, 9.17) is 4.74 Å². The van der Waals surface area contributed by atoms with Gasteiger partial charge in [0.15, 0.2) is 18.9 Å². The van der Waals surface area contributed by atoms with Crippen LogP contribution in [0.4, 0.5) is 0 Å². The van der Waals surface area contributed by atoms with Crippen molar-refractivity contribution in [3.05, 3.63) is 144 Å². The van der Waals surface area contributed by atoms with Crippen LogP contribution in [0.25, 0.3) is 5.70 Å². The highest BCUT2D eigenvalue weighted by Crippen LogP contribution is 2.34. The summed E-state index contributed by atoms with van der Waals surface area (Å²) in [6.45, 7) is 7.99. The zero-order valence-corrected chi connectivity index (χ0v) is 31.9. The van der Waals surface area contributed by atoms with E-state index in [0.29, 0.717) is 23.4 Å². The van der Waals surface area contributed by atoms with E-state index in [1.54, 1.807) is 18.5 Å². The smallest absolute Gasteiger partial charge is 0.264 e. The first-order valence-corrected chi connectivity index (χ1v) is 17.5. The molecule has 0 fully saturated rings. The Kier molecular flexibility index (Phi) is 12.4. The summed E-state index contributed by atoms with van der Waals surface area (Å²) >= 11 is 0. The van der Waals surface area contributed by atoms with Crippen molar-refractivity contribution in [3.63, 3.8) is 0 Å². The number of carbonyl (C=O) groups is 4. The topological polar surface area (TPSA) is 112 Å². The maximum absolute atomic E-state index is 15.0. The SMILES string of the molecule is CC(C)[C@@H]1C(=O)N([C@@H](Cc2ccccc2)C(=O)NCC(=O)C2=NC(C)(C)CO2)C(c2ccccc2)=CN1C(=O)c1ccc[n+](Cc2ccccc2)c1.[Br-]. The predicted molar refractivity (Wildman–Crippen MR) is 198 cm³/mol. The summed E-state index contributed by atoms with van der Waals surface area (Å²) in [6.07, 6.45) is 5.56. The zero-order chi connectivity index (χ0) is 36.8. The summed E-state index contributed by atoms with van der Waals surface area (Å²) < 4.78 is 7.45. The molecule has 2 aliphatic rings. The molecule has 0 unspecified atom stereocenters. The van der Waals surface area contributed by atoms with Crippen LogP contribution in [0.3, 0.4) is 0 Å². The van der Waals surface area contributed by atoms with Crippen molar-refractivity contribution < 1.29 is 45.5 Å². The number of hydrogen-bond acceptors (Lipinski definition) is 6. The number of hydrogen-bond donors (Lipinski definition) is 1. The first-order valence-electron chi connectivity index (χ1n) is 17.5. The largest absolute Gasteiger partial charge is 1.00 e. The van der Waals surface area contributed by atoms with Crippen LogP contribution in [-0.4, -0.2) is 70.0 Å². The Hall–Kier alpha value is -5.42. The number of aliphatic imine (C=N–C) groups is 1. The van der Waals surface area contributed by atoms with Crippen molar-refractivity contribution in [1.29, 1.82) is 0 Å². The van der Waals surface area contributed by atoms with E-state index in [2.05, 4.69) is 10.3 Å². The van der Waals surface area contributed by atoms with E-state index in [-0.39, 0.29) is 54.3 Å². The molecule has 1 N–H and O–H groups in total. The number of Topliss-reactive ketones (excluding diaryl/α,β-unsaturated/α-hetero) is 1. The predicted octanol–water partition coefficient (Wildman–Crippen LogP) is 1.84.